The number of hydrogen-bond acceptors (Lipinski definition) is 0. The van der Waals surface area contributed by atoms with Crippen molar-refractivity contribution in [3.8, 4) is 0 Å². The van der Waals surface area contributed by atoms with Crippen LogP contribution in [0.5, 0.6) is 0 Å². The zero-order chi connectivity index (χ0) is 9.26. The van der Waals surface area contributed by atoms with Crippen molar-refractivity contribution >= 4 is 0 Å². The second-order valence-electron chi connectivity index (χ2n) is 3.66. The molecule has 0 saturated heterocycles. The van der Waals surface area contributed by atoms with E-state index < -0.39 is 0 Å². The molecule has 0 heterocycles. The van der Waals surface area contributed by atoms with E-state index in [4.69, 9.17) is 0 Å². The van der Waals surface area contributed by atoms with Gasteiger partial charge in [0, 0.05) is 0 Å². The molecule has 0 aliphatic heterocycles. The van der Waals surface area contributed by atoms with Crippen LogP contribution in [0.25, 0.3) is 0 Å². The average Bonchev–Trinajstić information content (AvgIpc) is 2.41. The first kappa shape index (κ1) is 8.31. The van der Waals surface area contributed by atoms with Crippen LogP contribution < -0.4 is 0 Å². The third kappa shape index (κ3) is 1.57. The van der Waals surface area contributed by atoms with E-state index in [1.807, 2.05) is 0 Å². The Morgan fingerprint density at radius 1 is 1.08 bits per heavy atom. The number of allylic oxidation sites excluding steroid dienone is 10. The molecule has 0 N–H and O–H groups in total. The van der Waals surface area contributed by atoms with Gasteiger partial charge in [0.05, 0.1) is 0 Å². The molecule has 0 spiro atoms. The summed E-state index contributed by atoms with van der Waals surface area (Å²) in [5, 5.41) is 0. The van der Waals surface area contributed by atoms with E-state index >= 15 is 0 Å². The molecular weight excluding hydrogens is 156 g/mol. The maximum Gasteiger partial charge on any atom is -0.00754 e. The maximum atomic E-state index is 2.24. The molecule has 2 rings (SSSR count). The third-order valence-corrected chi connectivity index (χ3v) is 2.51. The zero-order valence-corrected chi connectivity index (χ0v) is 8.12. The van der Waals surface area contributed by atoms with Crippen LogP contribution in [0.3, 0.4) is 0 Å². The van der Waals surface area contributed by atoms with E-state index in [-0.39, 0.29) is 0 Å². The Morgan fingerprint density at radius 2 is 1.92 bits per heavy atom. The van der Waals surface area contributed by atoms with E-state index in [1.54, 1.807) is 0 Å². The van der Waals surface area contributed by atoms with Crippen molar-refractivity contribution in [1.29, 1.82) is 0 Å². The molecule has 13 heavy (non-hydrogen) atoms. The van der Waals surface area contributed by atoms with Gasteiger partial charge in [-0.2, -0.15) is 0 Å². The first-order valence-corrected chi connectivity index (χ1v) is 4.73. The largest absolute Gasteiger partial charge is 0.0779 e. The summed E-state index contributed by atoms with van der Waals surface area (Å²) in [6.45, 7) is 4.35. The maximum absolute atomic E-state index is 2.24. The molecule has 2 aliphatic rings. The molecule has 0 saturated carbocycles. The molecule has 0 heteroatoms. The van der Waals surface area contributed by atoms with E-state index in [1.165, 1.54) is 16.7 Å². The first-order valence-electron chi connectivity index (χ1n) is 4.73. The average molecular weight is 170 g/mol. The Kier molecular flexibility index (Phi) is 2.05. The van der Waals surface area contributed by atoms with Crippen LogP contribution in [0.15, 0.2) is 59.3 Å². The molecule has 2 aliphatic carbocycles. The van der Waals surface area contributed by atoms with Gasteiger partial charge in [0.25, 0.3) is 0 Å². The van der Waals surface area contributed by atoms with Gasteiger partial charge in [-0.25, -0.2) is 0 Å². The molecule has 0 radical (unpaired) electrons. The minimum Gasteiger partial charge on any atom is -0.0779 e. The highest BCUT2D eigenvalue weighted by Gasteiger charge is 2.09. The summed E-state index contributed by atoms with van der Waals surface area (Å²) in [5.41, 5.74) is 4.06. The number of rotatable bonds is 0. The van der Waals surface area contributed by atoms with Crippen molar-refractivity contribution in [3.63, 3.8) is 0 Å². The van der Waals surface area contributed by atoms with E-state index in [0.717, 1.165) is 0 Å². The highest BCUT2D eigenvalue weighted by Crippen LogP contribution is 2.28. The van der Waals surface area contributed by atoms with Crippen LogP contribution in [-0.4, -0.2) is 0 Å². The minimum absolute atomic E-state index is 0.541. The van der Waals surface area contributed by atoms with E-state index in [0.29, 0.717) is 5.92 Å². The molecule has 0 aromatic carbocycles. The van der Waals surface area contributed by atoms with Gasteiger partial charge < -0.3 is 0 Å². The molecule has 0 amide bonds. The first-order chi connectivity index (χ1) is 6.27. The quantitative estimate of drug-likeness (QED) is 0.521. The van der Waals surface area contributed by atoms with Crippen LogP contribution >= 0.6 is 0 Å². The molecule has 0 aromatic rings. The summed E-state index contributed by atoms with van der Waals surface area (Å²) >= 11 is 0. The normalized spacial score (nSPS) is 34.6. The fourth-order valence-corrected chi connectivity index (χ4v) is 1.64. The number of fused-ring (bicyclic) bond motifs is 1. The van der Waals surface area contributed by atoms with Gasteiger partial charge in [-0.15, -0.1) is 0 Å². The van der Waals surface area contributed by atoms with E-state index in [2.05, 4.69) is 56.4 Å². The second kappa shape index (κ2) is 3.21. The standard InChI is InChI=1S/C13H14/c1-10-4-3-5-13-11(2)7-9-12(13)8-6-10/h3-10H,1-2H3/b4-3-,8-6-,13-5-. The van der Waals surface area contributed by atoms with Crippen molar-refractivity contribution in [2.75, 3.05) is 0 Å². The van der Waals surface area contributed by atoms with E-state index in [9.17, 15) is 0 Å². The van der Waals surface area contributed by atoms with Gasteiger partial charge in [0.15, 0.2) is 0 Å². The summed E-state index contributed by atoms with van der Waals surface area (Å²) in [6.07, 6.45) is 15.4. The van der Waals surface area contributed by atoms with Crippen molar-refractivity contribution in [2.24, 2.45) is 5.92 Å². The molecule has 0 fully saturated rings. The Morgan fingerprint density at radius 3 is 2.77 bits per heavy atom. The minimum atomic E-state index is 0.541. The van der Waals surface area contributed by atoms with Gasteiger partial charge >= 0.3 is 0 Å². The van der Waals surface area contributed by atoms with Crippen LogP contribution in [0.2, 0.25) is 0 Å². The zero-order valence-electron chi connectivity index (χ0n) is 8.12. The Bertz CT molecular complexity index is 359. The monoisotopic (exact) mass is 170 g/mol. The van der Waals surface area contributed by atoms with Gasteiger partial charge in [-0.1, -0.05) is 49.5 Å². The molecular formula is C13H14. The van der Waals surface area contributed by atoms with Crippen molar-refractivity contribution < 1.29 is 0 Å². The van der Waals surface area contributed by atoms with Gasteiger partial charge in [-0.05, 0) is 29.6 Å². The SMILES string of the molecule is CC1=CC=C2/C=C\C(C)/C=C\C=C\12. The Hall–Kier alpha value is -1.30. The molecule has 1 atom stereocenters. The van der Waals surface area contributed by atoms with Crippen LogP contribution in [0.1, 0.15) is 13.8 Å². The van der Waals surface area contributed by atoms with Gasteiger partial charge in [0.1, 0.15) is 0 Å². The third-order valence-electron chi connectivity index (χ3n) is 2.51. The second-order valence-corrected chi connectivity index (χ2v) is 3.66. The predicted octanol–water partition coefficient (Wildman–Crippen LogP) is 3.56. The predicted molar refractivity (Wildman–Crippen MR) is 57.4 cm³/mol. The lowest BCUT2D eigenvalue weighted by Crippen LogP contribution is -1.89. The van der Waals surface area contributed by atoms with Crippen molar-refractivity contribution in [3.05, 3.63) is 59.3 Å². The molecule has 0 aromatic heterocycles. The molecule has 1 unspecified atom stereocenters. The Labute approximate surface area is 79.7 Å². The lowest BCUT2D eigenvalue weighted by molar-refractivity contribution is 0.937. The van der Waals surface area contributed by atoms with Crippen molar-refractivity contribution in [1.82, 2.24) is 0 Å². The summed E-state index contributed by atoms with van der Waals surface area (Å²) in [4.78, 5) is 0. The Balaban J connectivity index is 2.41. The summed E-state index contributed by atoms with van der Waals surface area (Å²) in [6, 6.07) is 0. The summed E-state index contributed by atoms with van der Waals surface area (Å²) in [5.74, 6) is 0.541. The smallest absolute Gasteiger partial charge is 0.00754 e. The fourth-order valence-electron chi connectivity index (χ4n) is 1.64. The van der Waals surface area contributed by atoms with Crippen LogP contribution in [-0.2, 0) is 0 Å². The van der Waals surface area contributed by atoms with Crippen molar-refractivity contribution in [2.45, 2.75) is 13.8 Å². The fraction of sp³-hybridized carbons (Fsp3) is 0.231. The molecule has 66 valence electrons. The lowest BCUT2D eigenvalue weighted by Gasteiger charge is -2.06. The lowest BCUT2D eigenvalue weighted by atomic mass is 9.99. The van der Waals surface area contributed by atoms with Crippen LogP contribution in [0, 0.1) is 5.92 Å². The summed E-state index contributed by atoms with van der Waals surface area (Å²) < 4.78 is 0. The number of hydrogen-bond donors (Lipinski definition) is 0. The summed E-state index contributed by atoms with van der Waals surface area (Å²) in [7, 11) is 0. The topological polar surface area (TPSA) is 0 Å². The molecule has 0 nitrogen and oxygen atoms in total. The highest BCUT2D eigenvalue weighted by molar-refractivity contribution is 5.60. The van der Waals surface area contributed by atoms with Gasteiger partial charge in [0.2, 0.25) is 0 Å². The highest BCUT2D eigenvalue weighted by atomic mass is 14.1. The molecule has 0 bridgehead atoms. The van der Waals surface area contributed by atoms with Gasteiger partial charge in [-0.3, -0.25) is 0 Å². The van der Waals surface area contributed by atoms with Crippen LogP contribution in [0.4, 0.5) is 0 Å².